The Morgan fingerprint density at radius 2 is 1.87 bits per heavy atom. The van der Waals surface area contributed by atoms with E-state index in [9.17, 15) is 8.42 Å². The van der Waals surface area contributed by atoms with E-state index in [0.717, 1.165) is 0 Å². The summed E-state index contributed by atoms with van der Waals surface area (Å²) in [5, 5.41) is -0.610. The predicted molar refractivity (Wildman–Crippen MR) is 62.6 cm³/mol. The van der Waals surface area contributed by atoms with Gasteiger partial charge in [-0.25, -0.2) is 8.42 Å². The molecule has 0 saturated carbocycles. The minimum Gasteiger partial charge on any atom is -0.329 e. The van der Waals surface area contributed by atoms with Crippen LogP contribution in [0.1, 0.15) is 27.2 Å². The van der Waals surface area contributed by atoms with Gasteiger partial charge in [-0.3, -0.25) is 4.90 Å². The van der Waals surface area contributed by atoms with E-state index in [2.05, 4.69) is 18.7 Å². The van der Waals surface area contributed by atoms with Gasteiger partial charge >= 0.3 is 0 Å². The van der Waals surface area contributed by atoms with Crippen molar-refractivity contribution in [3.63, 3.8) is 0 Å². The zero-order valence-electron chi connectivity index (χ0n) is 9.81. The molecule has 1 aliphatic rings. The van der Waals surface area contributed by atoms with Crippen LogP contribution in [-0.2, 0) is 9.84 Å². The maximum Gasteiger partial charge on any atom is 0.159 e. The third-order valence-electron chi connectivity index (χ3n) is 3.25. The Morgan fingerprint density at radius 3 is 2.27 bits per heavy atom. The zero-order valence-corrected chi connectivity index (χ0v) is 10.6. The largest absolute Gasteiger partial charge is 0.329 e. The Balaban J connectivity index is 2.89. The van der Waals surface area contributed by atoms with Crippen LogP contribution in [0.2, 0.25) is 0 Å². The molecule has 1 heterocycles. The van der Waals surface area contributed by atoms with Crippen molar-refractivity contribution >= 4 is 9.84 Å². The first kappa shape index (κ1) is 12.9. The Kier molecular flexibility index (Phi) is 4.14. The minimum atomic E-state index is -3.00. The first-order chi connectivity index (χ1) is 6.93. The van der Waals surface area contributed by atoms with E-state index < -0.39 is 9.84 Å². The molecule has 0 bridgehead atoms. The monoisotopic (exact) mass is 234 g/mol. The molecule has 0 spiro atoms. The highest BCUT2D eigenvalue weighted by molar-refractivity contribution is 7.92. The van der Waals surface area contributed by atoms with Gasteiger partial charge in [-0.15, -0.1) is 0 Å². The Hall–Kier alpha value is -0.130. The van der Waals surface area contributed by atoms with Crippen molar-refractivity contribution < 1.29 is 8.42 Å². The SMILES string of the molecule is CCC1CN(C(C)C)CC(CN)S1(=O)=O. The quantitative estimate of drug-likeness (QED) is 0.759. The maximum absolute atomic E-state index is 12.0. The first-order valence-corrected chi connectivity index (χ1v) is 7.21. The summed E-state index contributed by atoms with van der Waals surface area (Å²) in [6.45, 7) is 7.61. The van der Waals surface area contributed by atoms with Crippen LogP contribution in [0, 0.1) is 0 Å². The smallest absolute Gasteiger partial charge is 0.159 e. The molecule has 2 N–H and O–H groups in total. The van der Waals surface area contributed by atoms with Crippen LogP contribution in [0.25, 0.3) is 0 Å². The van der Waals surface area contributed by atoms with Gasteiger partial charge in [0.05, 0.1) is 10.5 Å². The summed E-state index contributed by atoms with van der Waals surface area (Å²) in [6.07, 6.45) is 0.683. The molecule has 2 atom stereocenters. The van der Waals surface area contributed by atoms with Crippen LogP contribution in [0.5, 0.6) is 0 Å². The lowest BCUT2D eigenvalue weighted by Gasteiger charge is -2.39. The molecule has 1 fully saturated rings. The second kappa shape index (κ2) is 4.80. The van der Waals surface area contributed by atoms with Crippen molar-refractivity contribution in [2.45, 2.75) is 43.7 Å². The fourth-order valence-electron chi connectivity index (χ4n) is 2.07. The molecule has 2 unspecified atom stereocenters. The van der Waals surface area contributed by atoms with Crippen molar-refractivity contribution in [2.24, 2.45) is 5.73 Å². The van der Waals surface area contributed by atoms with Gasteiger partial charge in [0.15, 0.2) is 9.84 Å². The van der Waals surface area contributed by atoms with E-state index in [1.807, 2.05) is 6.92 Å². The van der Waals surface area contributed by atoms with Crippen LogP contribution in [0.4, 0.5) is 0 Å². The molecule has 0 radical (unpaired) electrons. The molecule has 1 aliphatic heterocycles. The molecule has 0 amide bonds. The van der Waals surface area contributed by atoms with E-state index in [-0.39, 0.29) is 17.0 Å². The summed E-state index contributed by atoms with van der Waals surface area (Å²) in [5.41, 5.74) is 5.55. The van der Waals surface area contributed by atoms with Crippen LogP contribution in [0.3, 0.4) is 0 Å². The Bertz CT molecular complexity index is 281. The molecule has 0 aliphatic carbocycles. The van der Waals surface area contributed by atoms with Gasteiger partial charge < -0.3 is 5.73 Å². The summed E-state index contributed by atoms with van der Waals surface area (Å²) in [4.78, 5) is 2.22. The number of nitrogens with zero attached hydrogens (tertiary/aromatic N) is 1. The molecule has 15 heavy (non-hydrogen) atoms. The fraction of sp³-hybridized carbons (Fsp3) is 1.00. The molecule has 1 saturated heterocycles. The van der Waals surface area contributed by atoms with Gasteiger partial charge in [0.1, 0.15) is 0 Å². The lowest BCUT2D eigenvalue weighted by molar-refractivity contribution is 0.206. The lowest BCUT2D eigenvalue weighted by atomic mass is 10.2. The average Bonchev–Trinajstić information content (AvgIpc) is 2.16. The highest BCUT2D eigenvalue weighted by Gasteiger charge is 2.39. The molecular weight excluding hydrogens is 212 g/mol. The van der Waals surface area contributed by atoms with E-state index in [1.165, 1.54) is 0 Å². The molecule has 0 aromatic rings. The van der Waals surface area contributed by atoms with Crippen LogP contribution >= 0.6 is 0 Å². The summed E-state index contributed by atoms with van der Waals surface area (Å²) in [5.74, 6) is 0. The van der Waals surface area contributed by atoms with Gasteiger partial charge in [0.25, 0.3) is 0 Å². The Labute approximate surface area is 92.7 Å². The van der Waals surface area contributed by atoms with Crippen molar-refractivity contribution in [1.82, 2.24) is 4.90 Å². The zero-order chi connectivity index (χ0) is 11.6. The van der Waals surface area contributed by atoms with Crippen LogP contribution in [0.15, 0.2) is 0 Å². The predicted octanol–water partition coefficient (Wildman–Crippen LogP) is 0.231. The van der Waals surface area contributed by atoms with Crippen molar-refractivity contribution in [3.8, 4) is 0 Å². The summed E-state index contributed by atoms with van der Waals surface area (Å²) in [6, 6.07) is 0.392. The standard InChI is InChI=1S/C10H22N2O2S/c1-4-9-6-12(8(2)3)7-10(5-11)15(9,13)14/h8-10H,4-7,11H2,1-3H3. The average molecular weight is 234 g/mol. The van der Waals surface area contributed by atoms with Gasteiger partial charge in [0, 0.05) is 25.7 Å². The number of rotatable bonds is 3. The van der Waals surface area contributed by atoms with E-state index in [0.29, 0.717) is 25.6 Å². The van der Waals surface area contributed by atoms with E-state index in [4.69, 9.17) is 5.73 Å². The number of hydrogen-bond acceptors (Lipinski definition) is 4. The fourth-order valence-corrected chi connectivity index (χ4v) is 4.15. The third-order valence-corrected chi connectivity index (χ3v) is 5.94. The minimum absolute atomic E-state index is 0.234. The summed E-state index contributed by atoms with van der Waals surface area (Å²) in [7, 11) is -3.00. The summed E-state index contributed by atoms with van der Waals surface area (Å²) < 4.78 is 24.1. The van der Waals surface area contributed by atoms with E-state index in [1.54, 1.807) is 0 Å². The normalized spacial score (nSPS) is 32.1. The second-order valence-electron chi connectivity index (χ2n) is 4.52. The van der Waals surface area contributed by atoms with Crippen LogP contribution < -0.4 is 5.73 Å². The second-order valence-corrected chi connectivity index (χ2v) is 7.04. The van der Waals surface area contributed by atoms with Crippen molar-refractivity contribution in [1.29, 1.82) is 0 Å². The number of nitrogens with two attached hydrogens (primary N) is 1. The molecule has 0 aromatic carbocycles. The van der Waals surface area contributed by atoms with Gasteiger partial charge in [-0.2, -0.15) is 0 Å². The topological polar surface area (TPSA) is 63.4 Å². The molecule has 1 rings (SSSR count). The van der Waals surface area contributed by atoms with E-state index >= 15 is 0 Å². The van der Waals surface area contributed by atoms with Gasteiger partial charge in [0.2, 0.25) is 0 Å². The van der Waals surface area contributed by atoms with Crippen molar-refractivity contribution in [2.75, 3.05) is 19.6 Å². The maximum atomic E-state index is 12.0. The highest BCUT2D eigenvalue weighted by atomic mass is 32.2. The number of sulfone groups is 1. The van der Waals surface area contributed by atoms with Crippen LogP contribution in [-0.4, -0.2) is 49.5 Å². The van der Waals surface area contributed by atoms with Gasteiger partial charge in [-0.05, 0) is 20.3 Å². The molecule has 0 aromatic heterocycles. The number of hydrogen-bond donors (Lipinski definition) is 1. The Morgan fingerprint density at radius 1 is 1.33 bits per heavy atom. The lowest BCUT2D eigenvalue weighted by Crippen LogP contribution is -2.56. The first-order valence-electron chi connectivity index (χ1n) is 5.60. The highest BCUT2D eigenvalue weighted by Crippen LogP contribution is 2.22. The summed E-state index contributed by atoms with van der Waals surface area (Å²) >= 11 is 0. The molecular formula is C10H22N2O2S. The molecule has 5 heteroatoms. The molecule has 90 valence electrons. The molecule has 4 nitrogen and oxygen atoms in total. The van der Waals surface area contributed by atoms with Gasteiger partial charge in [-0.1, -0.05) is 6.92 Å². The van der Waals surface area contributed by atoms with Crippen molar-refractivity contribution in [3.05, 3.63) is 0 Å². The third kappa shape index (κ3) is 2.52.